The van der Waals surface area contributed by atoms with E-state index in [0.717, 1.165) is 10.5 Å². The molecule has 0 spiro atoms. The Hall–Kier alpha value is -0.310. The highest BCUT2D eigenvalue weighted by molar-refractivity contribution is 9.10. The Labute approximate surface area is 61.8 Å². The van der Waals surface area contributed by atoms with Crippen molar-refractivity contribution in [1.82, 2.24) is 9.97 Å². The standard InChI is InChI=1S/C6H7BrN2/c7-6-5(4-1-2-4)8-3-9-6/h3-4H,1-2H2,(H,8,9). The van der Waals surface area contributed by atoms with Crippen molar-refractivity contribution < 1.29 is 0 Å². The molecule has 2 nitrogen and oxygen atoms in total. The number of halogens is 1. The molecule has 1 aromatic rings. The molecule has 1 aliphatic carbocycles. The summed E-state index contributed by atoms with van der Waals surface area (Å²) in [6.07, 6.45) is 4.37. The van der Waals surface area contributed by atoms with Gasteiger partial charge in [0.15, 0.2) is 0 Å². The van der Waals surface area contributed by atoms with E-state index in [9.17, 15) is 0 Å². The van der Waals surface area contributed by atoms with E-state index in [0.29, 0.717) is 0 Å². The Morgan fingerprint density at radius 2 is 2.44 bits per heavy atom. The van der Waals surface area contributed by atoms with Crippen LogP contribution in [-0.2, 0) is 0 Å². The Morgan fingerprint density at radius 3 is 2.89 bits per heavy atom. The summed E-state index contributed by atoms with van der Waals surface area (Å²) >= 11 is 3.36. The Kier molecular flexibility index (Phi) is 1.12. The maximum atomic E-state index is 4.04. The van der Waals surface area contributed by atoms with E-state index in [2.05, 4.69) is 25.9 Å². The summed E-state index contributed by atoms with van der Waals surface area (Å²) in [5.74, 6) is 0.766. The fraction of sp³-hybridized carbons (Fsp3) is 0.500. The van der Waals surface area contributed by atoms with Gasteiger partial charge in [-0.25, -0.2) is 4.98 Å². The summed E-state index contributed by atoms with van der Waals surface area (Å²) in [6, 6.07) is 0. The van der Waals surface area contributed by atoms with Gasteiger partial charge in [-0.2, -0.15) is 0 Å². The van der Waals surface area contributed by atoms with Gasteiger partial charge in [-0.05, 0) is 28.8 Å². The predicted molar refractivity (Wildman–Crippen MR) is 38.3 cm³/mol. The first-order chi connectivity index (χ1) is 4.38. The Morgan fingerprint density at radius 1 is 1.67 bits per heavy atom. The van der Waals surface area contributed by atoms with Gasteiger partial charge in [0.05, 0.1) is 12.0 Å². The minimum absolute atomic E-state index is 0.766. The molecule has 0 radical (unpaired) electrons. The van der Waals surface area contributed by atoms with E-state index in [1.165, 1.54) is 18.5 Å². The van der Waals surface area contributed by atoms with Crippen LogP contribution in [0.4, 0.5) is 0 Å². The molecule has 1 heterocycles. The van der Waals surface area contributed by atoms with Gasteiger partial charge < -0.3 is 4.98 Å². The highest BCUT2D eigenvalue weighted by Gasteiger charge is 2.26. The number of hydrogen-bond acceptors (Lipinski definition) is 1. The lowest BCUT2D eigenvalue weighted by Gasteiger charge is -1.88. The summed E-state index contributed by atoms with van der Waals surface area (Å²) in [5.41, 5.74) is 1.27. The van der Waals surface area contributed by atoms with Crippen molar-refractivity contribution in [3.8, 4) is 0 Å². The first-order valence-electron chi connectivity index (χ1n) is 3.06. The van der Waals surface area contributed by atoms with Crippen LogP contribution < -0.4 is 0 Å². The van der Waals surface area contributed by atoms with Crippen molar-refractivity contribution in [1.29, 1.82) is 0 Å². The topological polar surface area (TPSA) is 28.7 Å². The van der Waals surface area contributed by atoms with Gasteiger partial charge in [0.1, 0.15) is 4.60 Å². The number of H-pyrrole nitrogens is 1. The molecule has 1 N–H and O–H groups in total. The molecule has 0 bridgehead atoms. The molecule has 0 aliphatic heterocycles. The first-order valence-corrected chi connectivity index (χ1v) is 3.86. The predicted octanol–water partition coefficient (Wildman–Crippen LogP) is 2.05. The summed E-state index contributed by atoms with van der Waals surface area (Å²) in [7, 11) is 0. The van der Waals surface area contributed by atoms with Gasteiger partial charge in [0.2, 0.25) is 0 Å². The van der Waals surface area contributed by atoms with Gasteiger partial charge >= 0.3 is 0 Å². The van der Waals surface area contributed by atoms with E-state index in [1.54, 1.807) is 6.33 Å². The number of aromatic amines is 1. The normalized spacial score (nSPS) is 18.3. The van der Waals surface area contributed by atoms with E-state index in [-0.39, 0.29) is 0 Å². The molecule has 48 valence electrons. The summed E-state index contributed by atoms with van der Waals surface area (Å²) < 4.78 is 0.991. The zero-order chi connectivity index (χ0) is 6.27. The molecule has 1 fully saturated rings. The Balaban J connectivity index is 2.35. The van der Waals surface area contributed by atoms with E-state index in [1.807, 2.05) is 0 Å². The van der Waals surface area contributed by atoms with Crippen molar-refractivity contribution >= 4 is 15.9 Å². The van der Waals surface area contributed by atoms with Crippen molar-refractivity contribution in [3.63, 3.8) is 0 Å². The summed E-state index contributed by atoms with van der Waals surface area (Å²) in [5, 5.41) is 0. The van der Waals surface area contributed by atoms with Gasteiger partial charge in [-0.15, -0.1) is 0 Å². The van der Waals surface area contributed by atoms with E-state index >= 15 is 0 Å². The second kappa shape index (κ2) is 1.84. The van der Waals surface area contributed by atoms with Crippen LogP contribution in [0.1, 0.15) is 24.5 Å². The fourth-order valence-electron chi connectivity index (χ4n) is 0.946. The van der Waals surface area contributed by atoms with Gasteiger partial charge in [-0.3, -0.25) is 0 Å². The highest BCUT2D eigenvalue weighted by Crippen LogP contribution is 2.41. The molecule has 1 aromatic heterocycles. The van der Waals surface area contributed by atoms with Gasteiger partial charge in [0.25, 0.3) is 0 Å². The largest absolute Gasteiger partial charge is 0.347 e. The molecule has 0 saturated heterocycles. The van der Waals surface area contributed by atoms with Crippen LogP contribution in [0.25, 0.3) is 0 Å². The number of nitrogens with one attached hydrogen (secondary N) is 1. The van der Waals surface area contributed by atoms with Crippen molar-refractivity contribution in [2.75, 3.05) is 0 Å². The molecule has 0 unspecified atom stereocenters. The monoisotopic (exact) mass is 186 g/mol. The van der Waals surface area contributed by atoms with Gasteiger partial charge in [0, 0.05) is 5.92 Å². The fourth-order valence-corrected chi connectivity index (χ4v) is 1.49. The molecule has 2 rings (SSSR count). The number of aromatic nitrogens is 2. The number of rotatable bonds is 1. The third-order valence-electron chi connectivity index (χ3n) is 1.61. The molecule has 1 aliphatic rings. The average molecular weight is 187 g/mol. The second-order valence-electron chi connectivity index (χ2n) is 2.38. The lowest BCUT2D eigenvalue weighted by molar-refractivity contribution is 1.04. The minimum atomic E-state index is 0.766. The van der Waals surface area contributed by atoms with Crippen LogP contribution in [0.5, 0.6) is 0 Å². The van der Waals surface area contributed by atoms with Crippen molar-refractivity contribution in [2.24, 2.45) is 0 Å². The van der Waals surface area contributed by atoms with Gasteiger partial charge in [-0.1, -0.05) is 0 Å². The van der Waals surface area contributed by atoms with Crippen LogP contribution in [0.15, 0.2) is 10.9 Å². The number of nitrogens with zero attached hydrogens (tertiary/aromatic N) is 1. The van der Waals surface area contributed by atoms with Crippen molar-refractivity contribution in [3.05, 3.63) is 16.6 Å². The zero-order valence-electron chi connectivity index (χ0n) is 4.89. The quantitative estimate of drug-likeness (QED) is 0.715. The Bertz CT molecular complexity index is 215. The molecule has 0 aromatic carbocycles. The highest BCUT2D eigenvalue weighted by atomic mass is 79.9. The maximum Gasteiger partial charge on any atom is 0.127 e. The molecule has 9 heavy (non-hydrogen) atoms. The molecular formula is C6H7BrN2. The van der Waals surface area contributed by atoms with Crippen LogP contribution in [0.2, 0.25) is 0 Å². The molecule has 1 saturated carbocycles. The lowest BCUT2D eigenvalue weighted by Crippen LogP contribution is -1.77. The third kappa shape index (κ3) is 0.894. The smallest absolute Gasteiger partial charge is 0.127 e. The SMILES string of the molecule is Brc1nc[nH]c1C1CC1. The van der Waals surface area contributed by atoms with E-state index in [4.69, 9.17) is 0 Å². The van der Waals surface area contributed by atoms with Crippen LogP contribution in [0.3, 0.4) is 0 Å². The lowest BCUT2D eigenvalue weighted by atomic mass is 10.3. The average Bonchev–Trinajstić information content (AvgIpc) is 2.58. The first kappa shape index (κ1) is 5.47. The number of hydrogen-bond donors (Lipinski definition) is 1. The molecular weight excluding hydrogens is 180 g/mol. The molecule has 0 amide bonds. The number of imidazole rings is 1. The summed E-state index contributed by atoms with van der Waals surface area (Å²) in [4.78, 5) is 7.15. The van der Waals surface area contributed by atoms with Crippen LogP contribution in [-0.4, -0.2) is 9.97 Å². The zero-order valence-corrected chi connectivity index (χ0v) is 6.48. The second-order valence-corrected chi connectivity index (χ2v) is 3.13. The summed E-state index contributed by atoms with van der Waals surface area (Å²) in [6.45, 7) is 0. The van der Waals surface area contributed by atoms with Crippen LogP contribution >= 0.6 is 15.9 Å². The minimum Gasteiger partial charge on any atom is -0.347 e. The van der Waals surface area contributed by atoms with Crippen LogP contribution in [0, 0.1) is 0 Å². The van der Waals surface area contributed by atoms with Crippen molar-refractivity contribution in [2.45, 2.75) is 18.8 Å². The maximum absolute atomic E-state index is 4.04. The van der Waals surface area contributed by atoms with E-state index < -0.39 is 0 Å². The molecule has 0 atom stereocenters. The molecule has 3 heteroatoms. The third-order valence-corrected chi connectivity index (χ3v) is 2.24.